The van der Waals surface area contributed by atoms with Gasteiger partial charge in [0.1, 0.15) is 5.82 Å². The van der Waals surface area contributed by atoms with Gasteiger partial charge in [0.15, 0.2) is 11.5 Å². The number of nitrogens with zero attached hydrogens (tertiary/aromatic N) is 2. The quantitative estimate of drug-likeness (QED) is 0.415. The Labute approximate surface area is 163 Å². The second-order valence-corrected chi connectivity index (χ2v) is 6.50. The van der Waals surface area contributed by atoms with Crippen molar-refractivity contribution in [3.63, 3.8) is 0 Å². The van der Waals surface area contributed by atoms with Crippen LogP contribution in [0.25, 0.3) is 10.9 Å². The van der Waals surface area contributed by atoms with E-state index in [4.69, 9.17) is 55.9 Å². The number of rotatable bonds is 4. The van der Waals surface area contributed by atoms with Gasteiger partial charge < -0.3 is 14.8 Å². The van der Waals surface area contributed by atoms with E-state index in [1.54, 1.807) is 38.5 Å². The molecule has 1 N–H and O–H groups in total. The van der Waals surface area contributed by atoms with Gasteiger partial charge in [0.2, 0.25) is 5.28 Å². The topological polar surface area (TPSA) is 56.3 Å². The van der Waals surface area contributed by atoms with Crippen LogP contribution in [0.15, 0.2) is 24.3 Å². The Balaban J connectivity index is 2.17. The molecule has 1 heterocycles. The molecule has 0 fully saturated rings. The number of aromatic nitrogens is 2. The molecule has 1 aromatic heterocycles. The number of fused-ring (bicyclic) bond motifs is 1. The van der Waals surface area contributed by atoms with Crippen molar-refractivity contribution in [3.05, 3.63) is 44.6 Å². The highest BCUT2D eigenvalue weighted by Gasteiger charge is 2.14. The van der Waals surface area contributed by atoms with Gasteiger partial charge in [-0.25, -0.2) is 4.98 Å². The van der Waals surface area contributed by atoms with E-state index in [1.165, 1.54) is 0 Å². The van der Waals surface area contributed by atoms with Crippen LogP contribution in [0.1, 0.15) is 0 Å². The molecule has 0 amide bonds. The maximum absolute atomic E-state index is 6.22. The first-order valence-electron chi connectivity index (χ1n) is 6.93. The van der Waals surface area contributed by atoms with E-state index in [0.717, 1.165) is 0 Å². The Morgan fingerprint density at radius 1 is 0.800 bits per heavy atom. The third kappa shape index (κ3) is 3.65. The molecule has 0 aliphatic heterocycles. The monoisotopic (exact) mass is 417 g/mol. The molecule has 130 valence electrons. The second-order valence-electron chi connectivity index (χ2n) is 4.94. The first-order valence-corrected chi connectivity index (χ1v) is 8.45. The number of halogens is 4. The number of benzene rings is 2. The summed E-state index contributed by atoms with van der Waals surface area (Å²) in [5, 5.41) is 4.95. The van der Waals surface area contributed by atoms with E-state index in [9.17, 15) is 0 Å². The number of nitrogens with one attached hydrogen (secondary N) is 1. The van der Waals surface area contributed by atoms with Crippen LogP contribution in [-0.2, 0) is 0 Å². The van der Waals surface area contributed by atoms with Gasteiger partial charge in [-0.1, -0.05) is 34.8 Å². The maximum Gasteiger partial charge on any atom is 0.224 e. The Bertz CT molecular complexity index is 966. The summed E-state index contributed by atoms with van der Waals surface area (Å²) in [6.45, 7) is 0. The van der Waals surface area contributed by atoms with Crippen molar-refractivity contribution in [1.29, 1.82) is 0 Å². The van der Waals surface area contributed by atoms with Gasteiger partial charge >= 0.3 is 0 Å². The number of hydrogen-bond acceptors (Lipinski definition) is 5. The predicted molar refractivity (Wildman–Crippen MR) is 102 cm³/mol. The molecule has 5 nitrogen and oxygen atoms in total. The minimum atomic E-state index is 0.0680. The van der Waals surface area contributed by atoms with Crippen molar-refractivity contribution in [1.82, 2.24) is 9.97 Å². The smallest absolute Gasteiger partial charge is 0.224 e. The summed E-state index contributed by atoms with van der Waals surface area (Å²) < 4.78 is 10.6. The number of hydrogen-bond donors (Lipinski definition) is 1. The standard InChI is InChI=1S/C16H11Cl4N3O2/c1-24-13-3-7-11(6-14(13)25-2)22-16(20)23-15(7)21-12-5-9(18)8(17)4-10(12)19/h3-6H,1-2H3,(H,21,22,23). The first kappa shape index (κ1) is 18.1. The van der Waals surface area contributed by atoms with Crippen LogP contribution in [0.5, 0.6) is 11.5 Å². The Hall–Kier alpha value is -1.66. The summed E-state index contributed by atoms with van der Waals surface area (Å²) >= 11 is 24.3. The Kier molecular flexibility index (Phi) is 5.29. The largest absolute Gasteiger partial charge is 0.493 e. The average Bonchev–Trinajstić information content (AvgIpc) is 2.58. The SMILES string of the molecule is COc1cc2nc(Cl)nc(Nc3cc(Cl)c(Cl)cc3Cl)c2cc1OC. The lowest BCUT2D eigenvalue weighted by molar-refractivity contribution is 0.356. The second kappa shape index (κ2) is 7.30. The summed E-state index contributed by atoms with van der Waals surface area (Å²) in [4.78, 5) is 8.45. The molecule has 0 atom stereocenters. The van der Waals surface area contributed by atoms with Crippen LogP contribution in [0.4, 0.5) is 11.5 Å². The molecule has 3 aromatic rings. The minimum Gasteiger partial charge on any atom is -0.493 e. The zero-order valence-electron chi connectivity index (χ0n) is 13.0. The highest BCUT2D eigenvalue weighted by molar-refractivity contribution is 6.44. The van der Waals surface area contributed by atoms with Gasteiger partial charge in [-0.15, -0.1) is 0 Å². The van der Waals surface area contributed by atoms with E-state index < -0.39 is 0 Å². The molecule has 0 radical (unpaired) electrons. The molecule has 9 heteroatoms. The van der Waals surface area contributed by atoms with Gasteiger partial charge in [-0.2, -0.15) is 4.98 Å². The number of anilines is 2. The number of methoxy groups -OCH3 is 2. The van der Waals surface area contributed by atoms with Crippen LogP contribution in [-0.4, -0.2) is 24.2 Å². The highest BCUT2D eigenvalue weighted by Crippen LogP contribution is 2.38. The summed E-state index contributed by atoms with van der Waals surface area (Å²) in [7, 11) is 3.09. The molecule has 0 unspecified atom stereocenters. The lowest BCUT2D eigenvalue weighted by atomic mass is 10.2. The summed E-state index contributed by atoms with van der Waals surface area (Å²) in [5.74, 6) is 1.50. The molecule has 0 spiro atoms. The first-order chi connectivity index (χ1) is 11.9. The lowest BCUT2D eigenvalue weighted by Gasteiger charge is -2.14. The zero-order valence-corrected chi connectivity index (χ0v) is 16.1. The highest BCUT2D eigenvalue weighted by atomic mass is 35.5. The van der Waals surface area contributed by atoms with Gasteiger partial charge in [0.25, 0.3) is 0 Å². The van der Waals surface area contributed by atoms with Crippen LogP contribution in [0.3, 0.4) is 0 Å². The number of ether oxygens (including phenoxy) is 2. The van der Waals surface area contributed by atoms with Gasteiger partial charge in [-0.05, 0) is 29.8 Å². The Morgan fingerprint density at radius 3 is 2.12 bits per heavy atom. The van der Waals surface area contributed by atoms with Crippen molar-refractivity contribution < 1.29 is 9.47 Å². The van der Waals surface area contributed by atoms with E-state index in [1.807, 2.05) is 0 Å². The van der Waals surface area contributed by atoms with Crippen LogP contribution >= 0.6 is 46.4 Å². The normalized spacial score (nSPS) is 10.8. The zero-order chi connectivity index (χ0) is 18.1. The van der Waals surface area contributed by atoms with E-state index in [2.05, 4.69) is 15.3 Å². The molecule has 2 aromatic carbocycles. The third-order valence-corrected chi connectivity index (χ3v) is 4.64. The summed E-state index contributed by atoms with van der Waals surface area (Å²) in [5.41, 5.74) is 1.11. The van der Waals surface area contributed by atoms with Gasteiger partial charge in [0, 0.05) is 11.5 Å². The predicted octanol–water partition coefficient (Wildman–Crippen LogP) is 6.00. The van der Waals surface area contributed by atoms with Gasteiger partial charge in [-0.3, -0.25) is 0 Å². The van der Waals surface area contributed by atoms with E-state index in [-0.39, 0.29) is 5.28 Å². The molecule has 3 rings (SSSR count). The van der Waals surface area contributed by atoms with Crippen LogP contribution in [0, 0.1) is 0 Å². The van der Waals surface area contributed by atoms with E-state index in [0.29, 0.717) is 49.0 Å². The summed E-state index contributed by atoms with van der Waals surface area (Å²) in [6.07, 6.45) is 0. The molecule has 0 saturated carbocycles. The van der Waals surface area contributed by atoms with E-state index >= 15 is 0 Å². The third-order valence-electron chi connectivity index (χ3n) is 3.44. The minimum absolute atomic E-state index is 0.0680. The van der Waals surface area contributed by atoms with Crippen LogP contribution < -0.4 is 14.8 Å². The van der Waals surface area contributed by atoms with Crippen molar-refractivity contribution in [3.8, 4) is 11.5 Å². The van der Waals surface area contributed by atoms with Crippen molar-refractivity contribution >= 4 is 68.8 Å². The molecule has 0 aliphatic rings. The average molecular weight is 419 g/mol. The fraction of sp³-hybridized carbons (Fsp3) is 0.125. The Morgan fingerprint density at radius 2 is 1.44 bits per heavy atom. The van der Waals surface area contributed by atoms with Crippen molar-refractivity contribution in [2.24, 2.45) is 0 Å². The summed E-state index contributed by atoms with van der Waals surface area (Å²) in [6, 6.07) is 6.61. The fourth-order valence-electron chi connectivity index (χ4n) is 2.27. The molecule has 0 aliphatic carbocycles. The molecular weight excluding hydrogens is 408 g/mol. The van der Waals surface area contributed by atoms with Crippen LogP contribution in [0.2, 0.25) is 20.4 Å². The molecule has 25 heavy (non-hydrogen) atoms. The molecular formula is C16H11Cl4N3O2. The molecule has 0 bridgehead atoms. The van der Waals surface area contributed by atoms with Gasteiger partial charge in [0.05, 0.1) is 40.5 Å². The fourth-order valence-corrected chi connectivity index (χ4v) is 3.04. The maximum atomic E-state index is 6.22. The van der Waals surface area contributed by atoms with Crippen molar-refractivity contribution in [2.75, 3.05) is 19.5 Å². The lowest BCUT2D eigenvalue weighted by Crippen LogP contribution is -1.99. The molecule has 0 saturated heterocycles. The van der Waals surface area contributed by atoms with Crippen molar-refractivity contribution in [2.45, 2.75) is 0 Å².